The Morgan fingerprint density at radius 3 is 2.25 bits per heavy atom. The highest BCUT2D eigenvalue weighted by atomic mass is 15.1. The molecule has 0 saturated carbocycles. The molecular weight excluding hydrogens is 250 g/mol. The molecule has 0 amide bonds. The van der Waals surface area contributed by atoms with Crippen LogP contribution in [-0.4, -0.2) is 47.6 Å². The number of anilines is 2. The second-order valence-electron chi connectivity index (χ2n) is 4.79. The number of nitrogens with zero attached hydrogens (tertiary/aromatic N) is 3. The van der Waals surface area contributed by atoms with Crippen molar-refractivity contribution in [2.75, 3.05) is 43.4 Å². The molecule has 0 bridgehead atoms. The van der Waals surface area contributed by atoms with Gasteiger partial charge in [-0.1, -0.05) is 20.8 Å². The van der Waals surface area contributed by atoms with Gasteiger partial charge in [0.15, 0.2) is 0 Å². The zero-order chi connectivity index (χ0) is 14.8. The minimum absolute atomic E-state index is 0.879. The SMILES string of the molecule is CCCN(CC)CCNc1ncnc(NCC)c1CC. The number of rotatable bonds is 10. The first-order valence-electron chi connectivity index (χ1n) is 7.80. The van der Waals surface area contributed by atoms with Gasteiger partial charge in [-0.05, 0) is 32.9 Å². The Morgan fingerprint density at radius 1 is 1.00 bits per heavy atom. The van der Waals surface area contributed by atoms with Crippen molar-refractivity contribution in [2.24, 2.45) is 0 Å². The van der Waals surface area contributed by atoms with Gasteiger partial charge in [-0.2, -0.15) is 0 Å². The molecule has 0 aliphatic carbocycles. The second-order valence-corrected chi connectivity index (χ2v) is 4.79. The molecule has 2 N–H and O–H groups in total. The molecule has 0 aliphatic heterocycles. The van der Waals surface area contributed by atoms with Crippen LogP contribution in [0.1, 0.15) is 39.7 Å². The Labute approximate surface area is 123 Å². The fourth-order valence-electron chi connectivity index (χ4n) is 2.30. The number of likely N-dealkylation sites (N-methyl/N-ethyl adjacent to an activating group) is 1. The lowest BCUT2D eigenvalue weighted by molar-refractivity contribution is 0.300. The second kappa shape index (κ2) is 9.53. The zero-order valence-electron chi connectivity index (χ0n) is 13.4. The number of hydrogen-bond donors (Lipinski definition) is 2. The minimum atomic E-state index is 0.879. The van der Waals surface area contributed by atoms with Crippen LogP contribution in [0.4, 0.5) is 11.6 Å². The highest BCUT2D eigenvalue weighted by molar-refractivity contribution is 5.57. The first-order valence-corrected chi connectivity index (χ1v) is 7.80. The van der Waals surface area contributed by atoms with E-state index in [9.17, 15) is 0 Å². The summed E-state index contributed by atoms with van der Waals surface area (Å²) in [7, 11) is 0. The van der Waals surface area contributed by atoms with Crippen LogP contribution < -0.4 is 10.6 Å². The van der Waals surface area contributed by atoms with Gasteiger partial charge in [-0.3, -0.25) is 0 Å². The standard InChI is InChI=1S/C15H29N5/c1-5-10-20(8-4)11-9-17-15-13(6-2)14(16-7-3)18-12-19-15/h12H,5-11H2,1-4H3,(H2,16,17,18,19). The molecule has 1 rings (SSSR count). The average Bonchev–Trinajstić information content (AvgIpc) is 2.47. The molecule has 0 spiro atoms. The van der Waals surface area contributed by atoms with Crippen LogP contribution in [0.15, 0.2) is 6.33 Å². The maximum atomic E-state index is 4.38. The van der Waals surface area contributed by atoms with E-state index in [-0.39, 0.29) is 0 Å². The molecule has 114 valence electrons. The Balaban J connectivity index is 2.60. The third-order valence-corrected chi connectivity index (χ3v) is 3.35. The molecule has 1 aromatic heterocycles. The van der Waals surface area contributed by atoms with Gasteiger partial charge in [0.05, 0.1) is 0 Å². The highest BCUT2D eigenvalue weighted by Crippen LogP contribution is 2.19. The molecule has 5 heteroatoms. The Bertz CT molecular complexity index is 381. The molecule has 0 unspecified atom stereocenters. The van der Waals surface area contributed by atoms with Crippen LogP contribution in [0, 0.1) is 0 Å². The summed E-state index contributed by atoms with van der Waals surface area (Å²) in [5.41, 5.74) is 1.17. The number of hydrogen-bond acceptors (Lipinski definition) is 5. The topological polar surface area (TPSA) is 53.1 Å². The van der Waals surface area contributed by atoms with Crippen LogP contribution in [-0.2, 0) is 6.42 Å². The van der Waals surface area contributed by atoms with Gasteiger partial charge >= 0.3 is 0 Å². The van der Waals surface area contributed by atoms with Crippen LogP contribution in [0.25, 0.3) is 0 Å². The fraction of sp³-hybridized carbons (Fsp3) is 0.733. The first kappa shape index (κ1) is 16.7. The van der Waals surface area contributed by atoms with E-state index in [4.69, 9.17) is 0 Å². The minimum Gasteiger partial charge on any atom is -0.370 e. The summed E-state index contributed by atoms with van der Waals surface area (Å²) in [6, 6.07) is 0. The Morgan fingerprint density at radius 2 is 1.70 bits per heavy atom. The monoisotopic (exact) mass is 279 g/mol. The van der Waals surface area contributed by atoms with Crippen molar-refractivity contribution >= 4 is 11.6 Å². The summed E-state index contributed by atoms with van der Waals surface area (Å²) < 4.78 is 0. The normalized spacial score (nSPS) is 10.8. The average molecular weight is 279 g/mol. The van der Waals surface area contributed by atoms with Crippen molar-refractivity contribution in [1.82, 2.24) is 14.9 Å². The quantitative estimate of drug-likeness (QED) is 0.689. The van der Waals surface area contributed by atoms with E-state index in [1.165, 1.54) is 12.0 Å². The molecule has 0 atom stereocenters. The van der Waals surface area contributed by atoms with Gasteiger partial charge in [0, 0.05) is 25.2 Å². The zero-order valence-corrected chi connectivity index (χ0v) is 13.4. The van der Waals surface area contributed by atoms with Crippen LogP contribution in [0.3, 0.4) is 0 Å². The molecule has 0 aliphatic rings. The van der Waals surface area contributed by atoms with Crippen molar-refractivity contribution in [3.8, 4) is 0 Å². The Kier molecular flexibility index (Phi) is 7.95. The van der Waals surface area contributed by atoms with E-state index in [1.54, 1.807) is 6.33 Å². The molecule has 20 heavy (non-hydrogen) atoms. The molecule has 1 heterocycles. The van der Waals surface area contributed by atoms with Crippen LogP contribution in [0.2, 0.25) is 0 Å². The van der Waals surface area contributed by atoms with E-state index in [0.717, 1.165) is 50.8 Å². The predicted molar refractivity (Wildman–Crippen MR) is 86.5 cm³/mol. The third-order valence-electron chi connectivity index (χ3n) is 3.35. The molecule has 5 nitrogen and oxygen atoms in total. The van der Waals surface area contributed by atoms with Crippen molar-refractivity contribution < 1.29 is 0 Å². The molecule has 0 fully saturated rings. The van der Waals surface area contributed by atoms with E-state index in [1.807, 2.05) is 0 Å². The van der Waals surface area contributed by atoms with E-state index in [0.29, 0.717) is 0 Å². The highest BCUT2D eigenvalue weighted by Gasteiger charge is 2.09. The summed E-state index contributed by atoms with van der Waals surface area (Å²) in [6.45, 7) is 13.8. The molecule has 0 radical (unpaired) electrons. The summed E-state index contributed by atoms with van der Waals surface area (Å²) in [5, 5.41) is 6.75. The van der Waals surface area contributed by atoms with Crippen LogP contribution in [0.5, 0.6) is 0 Å². The van der Waals surface area contributed by atoms with E-state index in [2.05, 4.69) is 53.2 Å². The summed E-state index contributed by atoms with van der Waals surface area (Å²) in [5.74, 6) is 1.92. The van der Waals surface area contributed by atoms with Gasteiger partial charge in [0.25, 0.3) is 0 Å². The molecule has 1 aromatic rings. The summed E-state index contributed by atoms with van der Waals surface area (Å²) in [6.07, 6.45) is 3.76. The first-order chi connectivity index (χ1) is 9.76. The summed E-state index contributed by atoms with van der Waals surface area (Å²) >= 11 is 0. The number of aromatic nitrogens is 2. The van der Waals surface area contributed by atoms with Crippen LogP contribution >= 0.6 is 0 Å². The van der Waals surface area contributed by atoms with E-state index < -0.39 is 0 Å². The van der Waals surface area contributed by atoms with E-state index >= 15 is 0 Å². The lowest BCUT2D eigenvalue weighted by atomic mass is 10.2. The lowest BCUT2D eigenvalue weighted by Crippen LogP contribution is -2.30. The Hall–Kier alpha value is -1.36. The number of nitrogens with one attached hydrogen (secondary N) is 2. The smallest absolute Gasteiger partial charge is 0.134 e. The van der Waals surface area contributed by atoms with Gasteiger partial charge in [0.2, 0.25) is 0 Å². The van der Waals surface area contributed by atoms with Gasteiger partial charge in [-0.15, -0.1) is 0 Å². The van der Waals surface area contributed by atoms with Gasteiger partial charge < -0.3 is 15.5 Å². The lowest BCUT2D eigenvalue weighted by Gasteiger charge is -2.20. The van der Waals surface area contributed by atoms with Gasteiger partial charge in [-0.25, -0.2) is 9.97 Å². The summed E-state index contributed by atoms with van der Waals surface area (Å²) in [4.78, 5) is 11.1. The van der Waals surface area contributed by atoms with Crippen molar-refractivity contribution in [3.63, 3.8) is 0 Å². The van der Waals surface area contributed by atoms with Crippen molar-refractivity contribution in [1.29, 1.82) is 0 Å². The largest absolute Gasteiger partial charge is 0.370 e. The molecule has 0 saturated heterocycles. The maximum absolute atomic E-state index is 4.38. The third kappa shape index (κ3) is 4.96. The van der Waals surface area contributed by atoms with Gasteiger partial charge in [0.1, 0.15) is 18.0 Å². The predicted octanol–water partition coefficient (Wildman–Crippen LogP) is 2.61. The van der Waals surface area contributed by atoms with Crippen molar-refractivity contribution in [2.45, 2.75) is 40.5 Å². The molecular formula is C15H29N5. The van der Waals surface area contributed by atoms with Crippen molar-refractivity contribution in [3.05, 3.63) is 11.9 Å². The maximum Gasteiger partial charge on any atom is 0.134 e. The fourth-order valence-corrected chi connectivity index (χ4v) is 2.30. The molecule has 0 aromatic carbocycles.